The van der Waals surface area contributed by atoms with Crippen LogP contribution >= 0.6 is 0 Å². The zero-order valence-corrected chi connectivity index (χ0v) is 5.65. The van der Waals surface area contributed by atoms with Gasteiger partial charge in [-0.15, -0.1) is 0 Å². The zero-order valence-electron chi connectivity index (χ0n) is 5.65. The van der Waals surface area contributed by atoms with Gasteiger partial charge in [-0.3, -0.25) is 0 Å². The van der Waals surface area contributed by atoms with Gasteiger partial charge in [0.1, 0.15) is 0 Å². The highest BCUT2D eigenvalue weighted by molar-refractivity contribution is 5.87. The fourth-order valence-electron chi connectivity index (χ4n) is 0.632. The second kappa shape index (κ2) is 2.69. The Morgan fingerprint density at radius 2 is 2.27 bits per heavy atom. The van der Waals surface area contributed by atoms with E-state index in [4.69, 9.17) is 0 Å². The van der Waals surface area contributed by atoms with Crippen molar-refractivity contribution in [1.82, 2.24) is 4.98 Å². The van der Waals surface area contributed by atoms with Crippen LogP contribution in [-0.2, 0) is 4.74 Å². The lowest BCUT2D eigenvalue weighted by molar-refractivity contribution is 0.0589. The van der Waals surface area contributed by atoms with E-state index in [9.17, 15) is 13.6 Å². The molecule has 0 bridgehead atoms. The van der Waals surface area contributed by atoms with E-state index in [1.165, 1.54) is 0 Å². The number of hydrogen-bond donors (Lipinski definition) is 1. The van der Waals surface area contributed by atoms with Gasteiger partial charge in [-0.2, -0.15) is 0 Å². The zero-order chi connectivity index (χ0) is 8.43. The van der Waals surface area contributed by atoms with Crippen molar-refractivity contribution >= 4 is 5.97 Å². The van der Waals surface area contributed by atoms with Gasteiger partial charge in [0.15, 0.2) is 17.3 Å². The molecule has 3 nitrogen and oxygen atoms in total. The van der Waals surface area contributed by atoms with Gasteiger partial charge in [-0.1, -0.05) is 0 Å². The van der Waals surface area contributed by atoms with Crippen molar-refractivity contribution < 1.29 is 18.3 Å². The molecule has 1 aromatic heterocycles. The first kappa shape index (κ1) is 7.71. The average molecular weight is 161 g/mol. The van der Waals surface area contributed by atoms with Crippen molar-refractivity contribution in [3.05, 3.63) is 23.5 Å². The summed E-state index contributed by atoms with van der Waals surface area (Å²) in [5, 5.41) is 0. The van der Waals surface area contributed by atoms with Crippen LogP contribution in [0.2, 0.25) is 0 Å². The van der Waals surface area contributed by atoms with Crippen LogP contribution in [0.3, 0.4) is 0 Å². The molecule has 0 fully saturated rings. The number of hydrogen-bond acceptors (Lipinski definition) is 2. The molecule has 0 atom stereocenters. The van der Waals surface area contributed by atoms with Crippen molar-refractivity contribution in [3.8, 4) is 0 Å². The van der Waals surface area contributed by atoms with E-state index in [1.807, 2.05) is 0 Å². The number of carbonyl (C=O) groups is 1. The first-order chi connectivity index (χ1) is 5.16. The highest BCUT2D eigenvalue weighted by Gasteiger charge is 2.17. The lowest BCUT2D eigenvalue weighted by Gasteiger charge is -1.93. The molecule has 0 saturated carbocycles. The van der Waals surface area contributed by atoms with E-state index < -0.39 is 23.3 Å². The summed E-state index contributed by atoms with van der Waals surface area (Å²) < 4.78 is 28.9. The van der Waals surface area contributed by atoms with E-state index in [-0.39, 0.29) is 0 Å². The standard InChI is InChI=1S/C6H5F2NO2/c1-11-6(10)5-4(8)3(7)2-9-5/h2,9H,1H3. The van der Waals surface area contributed by atoms with Crippen molar-refractivity contribution in [2.75, 3.05) is 7.11 Å². The highest BCUT2D eigenvalue weighted by Crippen LogP contribution is 2.10. The largest absolute Gasteiger partial charge is 0.464 e. The topological polar surface area (TPSA) is 42.1 Å². The Balaban J connectivity index is 3.04. The van der Waals surface area contributed by atoms with Crippen molar-refractivity contribution in [3.63, 3.8) is 0 Å². The molecule has 0 unspecified atom stereocenters. The molecule has 0 aliphatic heterocycles. The van der Waals surface area contributed by atoms with Crippen LogP contribution in [0.15, 0.2) is 6.20 Å². The molecule has 5 heteroatoms. The molecule has 0 amide bonds. The van der Waals surface area contributed by atoms with Gasteiger partial charge in [0.25, 0.3) is 0 Å². The molecule has 1 N–H and O–H groups in total. The fraction of sp³-hybridized carbons (Fsp3) is 0.167. The van der Waals surface area contributed by atoms with E-state index in [0.717, 1.165) is 13.3 Å². The molecule has 0 aliphatic carbocycles. The Hall–Kier alpha value is -1.39. The predicted octanol–water partition coefficient (Wildman–Crippen LogP) is 1.08. The van der Waals surface area contributed by atoms with E-state index >= 15 is 0 Å². The molecule has 1 rings (SSSR count). The second-order valence-electron chi connectivity index (χ2n) is 1.82. The van der Waals surface area contributed by atoms with Crippen LogP contribution in [0, 0.1) is 11.6 Å². The summed E-state index contributed by atoms with van der Waals surface area (Å²) in [6, 6.07) is 0. The first-order valence-electron chi connectivity index (χ1n) is 2.77. The summed E-state index contributed by atoms with van der Waals surface area (Å²) in [5.41, 5.74) is -0.495. The van der Waals surface area contributed by atoms with Gasteiger partial charge in [0.2, 0.25) is 0 Å². The summed E-state index contributed by atoms with van der Waals surface area (Å²) >= 11 is 0. The molecule has 0 aliphatic rings. The van der Waals surface area contributed by atoms with Gasteiger partial charge in [-0.25, -0.2) is 13.6 Å². The lowest BCUT2D eigenvalue weighted by atomic mass is 10.4. The van der Waals surface area contributed by atoms with Gasteiger partial charge >= 0.3 is 5.97 Å². The van der Waals surface area contributed by atoms with Crippen LogP contribution in [0.5, 0.6) is 0 Å². The highest BCUT2D eigenvalue weighted by atomic mass is 19.2. The maximum absolute atomic E-state index is 12.5. The maximum atomic E-state index is 12.5. The third kappa shape index (κ3) is 1.21. The van der Waals surface area contributed by atoms with Crippen LogP contribution < -0.4 is 0 Å². The number of H-pyrrole nitrogens is 1. The minimum atomic E-state index is -1.21. The molecule has 1 aromatic rings. The normalized spacial score (nSPS) is 9.73. The second-order valence-corrected chi connectivity index (χ2v) is 1.82. The summed E-state index contributed by atoms with van der Waals surface area (Å²) in [7, 11) is 1.08. The van der Waals surface area contributed by atoms with Crippen LogP contribution in [0.4, 0.5) is 8.78 Å². The number of rotatable bonds is 1. The first-order valence-corrected chi connectivity index (χ1v) is 2.77. The summed E-state index contributed by atoms with van der Waals surface area (Å²) in [6.07, 6.45) is 0.752. The predicted molar refractivity (Wildman–Crippen MR) is 32.0 cm³/mol. The molecule has 0 radical (unpaired) electrons. The van der Waals surface area contributed by atoms with E-state index in [2.05, 4.69) is 9.72 Å². The molecule has 11 heavy (non-hydrogen) atoms. The van der Waals surface area contributed by atoms with Gasteiger partial charge in [0.05, 0.1) is 7.11 Å². The Kier molecular flexibility index (Phi) is 1.89. The van der Waals surface area contributed by atoms with Gasteiger partial charge in [0, 0.05) is 6.20 Å². The molecule has 0 spiro atoms. The number of methoxy groups -OCH3 is 1. The van der Waals surface area contributed by atoms with Crippen molar-refractivity contribution in [2.45, 2.75) is 0 Å². The number of aromatic nitrogens is 1. The molecular formula is C6H5F2NO2. The molecule has 60 valence electrons. The summed E-state index contributed by atoms with van der Waals surface area (Å²) in [5.74, 6) is -3.23. The van der Waals surface area contributed by atoms with Crippen molar-refractivity contribution in [2.24, 2.45) is 0 Å². The number of halogens is 2. The van der Waals surface area contributed by atoms with Crippen LogP contribution in [-0.4, -0.2) is 18.1 Å². The van der Waals surface area contributed by atoms with Gasteiger partial charge < -0.3 is 9.72 Å². The maximum Gasteiger partial charge on any atom is 0.357 e. The van der Waals surface area contributed by atoms with Crippen molar-refractivity contribution in [1.29, 1.82) is 0 Å². The Bertz CT molecular complexity index is 282. The average Bonchev–Trinajstić information content (AvgIpc) is 2.32. The Morgan fingerprint density at radius 3 is 2.64 bits per heavy atom. The number of carbonyl (C=O) groups excluding carboxylic acids is 1. The summed E-state index contributed by atoms with van der Waals surface area (Å²) in [4.78, 5) is 12.7. The SMILES string of the molecule is COC(=O)c1[nH]cc(F)c1F. The smallest absolute Gasteiger partial charge is 0.357 e. The Labute approximate surface area is 61.0 Å². The number of aromatic amines is 1. The van der Waals surface area contributed by atoms with Gasteiger partial charge in [-0.05, 0) is 0 Å². The minimum absolute atomic E-state index is 0.495. The quantitative estimate of drug-likeness (QED) is 0.626. The molecular weight excluding hydrogens is 156 g/mol. The molecule has 1 heterocycles. The molecule has 0 aromatic carbocycles. The number of nitrogens with one attached hydrogen (secondary N) is 1. The van der Waals surface area contributed by atoms with E-state index in [0.29, 0.717) is 0 Å². The van der Waals surface area contributed by atoms with Crippen LogP contribution in [0.25, 0.3) is 0 Å². The third-order valence-corrected chi connectivity index (χ3v) is 1.16. The third-order valence-electron chi connectivity index (χ3n) is 1.16. The lowest BCUT2D eigenvalue weighted by Crippen LogP contribution is -2.03. The molecule has 0 saturated heterocycles. The number of esters is 1. The number of ether oxygens (including phenoxy) is 1. The summed E-state index contributed by atoms with van der Waals surface area (Å²) in [6.45, 7) is 0. The van der Waals surface area contributed by atoms with Crippen LogP contribution in [0.1, 0.15) is 10.5 Å². The Morgan fingerprint density at radius 1 is 1.64 bits per heavy atom. The van der Waals surface area contributed by atoms with E-state index in [1.54, 1.807) is 0 Å². The minimum Gasteiger partial charge on any atom is -0.464 e. The fourth-order valence-corrected chi connectivity index (χ4v) is 0.632. The monoisotopic (exact) mass is 161 g/mol.